The van der Waals surface area contributed by atoms with Gasteiger partial charge in [0, 0.05) is 22.6 Å². The number of rotatable bonds is 3. The molecule has 4 heteroatoms. The Balaban J connectivity index is 1.91. The van der Waals surface area contributed by atoms with Crippen LogP contribution in [0.5, 0.6) is 0 Å². The Kier molecular flexibility index (Phi) is 3.99. The molecule has 1 aliphatic rings. The van der Waals surface area contributed by atoms with Crippen molar-refractivity contribution in [3.05, 3.63) is 46.2 Å². The minimum absolute atomic E-state index is 0.612. The van der Waals surface area contributed by atoms with Crippen LogP contribution in [-0.4, -0.2) is 9.97 Å². The molecule has 2 aromatic rings. The summed E-state index contributed by atoms with van der Waals surface area (Å²) in [6.45, 7) is 4.46. The van der Waals surface area contributed by atoms with E-state index in [0.29, 0.717) is 11.1 Å². The first-order valence-electron chi connectivity index (χ1n) is 6.86. The zero-order valence-corrected chi connectivity index (χ0v) is 13.3. The van der Waals surface area contributed by atoms with Crippen molar-refractivity contribution >= 4 is 23.4 Å². The topological polar surface area (TPSA) is 25.8 Å². The molecule has 104 valence electrons. The summed E-state index contributed by atoms with van der Waals surface area (Å²) in [7, 11) is 0. The van der Waals surface area contributed by atoms with Gasteiger partial charge in [-0.25, -0.2) is 9.97 Å². The fourth-order valence-corrected chi connectivity index (χ4v) is 3.78. The zero-order chi connectivity index (χ0) is 14.1. The number of fused-ring (bicyclic) bond motifs is 1. The number of thioether (sulfide) groups is 1. The molecule has 1 aromatic heterocycles. The van der Waals surface area contributed by atoms with Crippen LogP contribution in [0.1, 0.15) is 30.7 Å². The fraction of sp³-hybridized carbons (Fsp3) is 0.375. The maximum atomic E-state index is 6.26. The van der Waals surface area contributed by atoms with Gasteiger partial charge < -0.3 is 0 Å². The summed E-state index contributed by atoms with van der Waals surface area (Å²) in [5.41, 5.74) is 4.60. The van der Waals surface area contributed by atoms with Crippen molar-refractivity contribution in [2.45, 2.75) is 31.8 Å². The fourth-order valence-electron chi connectivity index (χ4n) is 2.40. The normalized spacial score (nSPS) is 13.8. The molecule has 3 rings (SSSR count). The van der Waals surface area contributed by atoms with Gasteiger partial charge in [-0.05, 0) is 17.9 Å². The lowest BCUT2D eigenvalue weighted by molar-refractivity contribution is 0.647. The third-order valence-electron chi connectivity index (χ3n) is 3.38. The van der Waals surface area contributed by atoms with Crippen LogP contribution in [0.4, 0.5) is 0 Å². The minimum atomic E-state index is 0.612. The summed E-state index contributed by atoms with van der Waals surface area (Å²) < 4.78 is 0. The first-order chi connectivity index (χ1) is 9.63. The first kappa shape index (κ1) is 13.9. The van der Waals surface area contributed by atoms with Crippen molar-refractivity contribution in [1.29, 1.82) is 0 Å². The Morgan fingerprint density at radius 2 is 1.90 bits per heavy atom. The molecule has 1 aromatic carbocycles. The Bertz CT molecular complexity index is 623. The molecular weight excluding hydrogens is 288 g/mol. The van der Waals surface area contributed by atoms with Gasteiger partial charge in [0.2, 0.25) is 0 Å². The van der Waals surface area contributed by atoms with Gasteiger partial charge >= 0.3 is 0 Å². The molecule has 0 aliphatic carbocycles. The largest absolute Gasteiger partial charge is 0.232 e. The van der Waals surface area contributed by atoms with E-state index in [4.69, 9.17) is 11.6 Å². The highest BCUT2D eigenvalue weighted by Crippen LogP contribution is 2.34. The number of benzene rings is 1. The highest BCUT2D eigenvalue weighted by atomic mass is 35.5. The molecule has 0 bridgehead atoms. The van der Waals surface area contributed by atoms with Crippen molar-refractivity contribution in [2.24, 2.45) is 5.92 Å². The molecule has 0 N–H and O–H groups in total. The predicted molar refractivity (Wildman–Crippen MR) is 86.0 cm³/mol. The van der Waals surface area contributed by atoms with E-state index in [2.05, 4.69) is 48.1 Å². The van der Waals surface area contributed by atoms with Gasteiger partial charge in [0.25, 0.3) is 0 Å². The molecule has 0 atom stereocenters. The highest BCUT2D eigenvalue weighted by Gasteiger charge is 2.19. The van der Waals surface area contributed by atoms with Gasteiger partial charge in [0.1, 0.15) is 5.15 Å². The third kappa shape index (κ3) is 2.84. The first-order valence-corrected chi connectivity index (χ1v) is 8.39. The smallest absolute Gasteiger partial charge is 0.161 e. The molecule has 0 fully saturated rings. The van der Waals surface area contributed by atoms with Crippen LogP contribution < -0.4 is 0 Å². The summed E-state index contributed by atoms with van der Waals surface area (Å²) in [5, 5.41) is 0.612. The molecule has 20 heavy (non-hydrogen) atoms. The van der Waals surface area contributed by atoms with E-state index < -0.39 is 0 Å². The second kappa shape index (κ2) is 5.74. The van der Waals surface area contributed by atoms with Crippen LogP contribution in [0, 0.1) is 5.92 Å². The van der Waals surface area contributed by atoms with Crippen LogP contribution in [0.3, 0.4) is 0 Å². The Morgan fingerprint density at radius 3 is 2.60 bits per heavy atom. The Morgan fingerprint density at radius 1 is 1.15 bits per heavy atom. The lowest BCUT2D eigenvalue weighted by Gasteiger charge is -2.07. The molecular formula is C16H17ClN2S. The second-order valence-electron chi connectivity index (χ2n) is 5.55. The summed E-state index contributed by atoms with van der Waals surface area (Å²) in [4.78, 5) is 9.11. The molecule has 2 nitrogen and oxygen atoms in total. The van der Waals surface area contributed by atoms with Crippen molar-refractivity contribution in [3.63, 3.8) is 0 Å². The van der Waals surface area contributed by atoms with E-state index in [9.17, 15) is 0 Å². The number of hydrogen-bond acceptors (Lipinski definition) is 3. The van der Waals surface area contributed by atoms with Crippen LogP contribution in [0.25, 0.3) is 11.4 Å². The van der Waals surface area contributed by atoms with Gasteiger partial charge in [-0.3, -0.25) is 0 Å². The van der Waals surface area contributed by atoms with E-state index in [1.807, 2.05) is 11.8 Å². The Labute approximate surface area is 129 Å². The second-order valence-corrected chi connectivity index (χ2v) is 6.89. The number of nitrogens with zero attached hydrogens (tertiary/aromatic N) is 2. The molecule has 0 saturated carbocycles. The van der Waals surface area contributed by atoms with Crippen molar-refractivity contribution in [2.75, 3.05) is 0 Å². The van der Waals surface area contributed by atoms with Gasteiger partial charge in [-0.1, -0.05) is 49.7 Å². The SMILES string of the molecule is CC(C)Cc1ccc(-c2nc(Cl)c3c(n2)CSC3)cc1. The summed E-state index contributed by atoms with van der Waals surface area (Å²) >= 11 is 8.10. The summed E-state index contributed by atoms with van der Waals surface area (Å²) in [6, 6.07) is 8.51. The number of aromatic nitrogens is 2. The average molecular weight is 305 g/mol. The standard InChI is InChI=1S/C16H17ClN2S/c1-10(2)7-11-3-5-12(6-4-11)16-18-14-9-20-8-13(14)15(17)19-16/h3-6,10H,7-9H2,1-2H3. The van der Waals surface area contributed by atoms with Crippen LogP contribution in [-0.2, 0) is 17.9 Å². The van der Waals surface area contributed by atoms with Crippen LogP contribution >= 0.6 is 23.4 Å². The van der Waals surface area contributed by atoms with E-state index in [1.165, 1.54) is 5.56 Å². The van der Waals surface area contributed by atoms with E-state index >= 15 is 0 Å². The molecule has 2 heterocycles. The van der Waals surface area contributed by atoms with E-state index in [1.54, 1.807) is 0 Å². The third-order valence-corrected chi connectivity index (χ3v) is 4.67. The maximum Gasteiger partial charge on any atom is 0.161 e. The molecule has 0 amide bonds. The average Bonchev–Trinajstić information content (AvgIpc) is 2.87. The van der Waals surface area contributed by atoms with Crippen molar-refractivity contribution in [1.82, 2.24) is 9.97 Å². The van der Waals surface area contributed by atoms with Gasteiger partial charge in [0.15, 0.2) is 5.82 Å². The quantitative estimate of drug-likeness (QED) is 0.766. The summed E-state index contributed by atoms with van der Waals surface area (Å²) in [6.07, 6.45) is 1.10. The van der Waals surface area contributed by atoms with Gasteiger partial charge in [-0.2, -0.15) is 11.8 Å². The lowest BCUT2D eigenvalue weighted by atomic mass is 10.0. The molecule has 0 spiro atoms. The van der Waals surface area contributed by atoms with E-state index in [-0.39, 0.29) is 0 Å². The molecule has 0 radical (unpaired) electrons. The van der Waals surface area contributed by atoms with E-state index in [0.717, 1.165) is 40.6 Å². The van der Waals surface area contributed by atoms with Crippen molar-refractivity contribution < 1.29 is 0 Å². The van der Waals surface area contributed by atoms with Crippen LogP contribution in [0.15, 0.2) is 24.3 Å². The predicted octanol–water partition coefficient (Wildman–Crippen LogP) is 4.74. The molecule has 0 unspecified atom stereocenters. The molecule has 0 saturated heterocycles. The van der Waals surface area contributed by atoms with Gasteiger partial charge in [0.05, 0.1) is 5.69 Å². The highest BCUT2D eigenvalue weighted by molar-refractivity contribution is 7.98. The lowest BCUT2D eigenvalue weighted by Crippen LogP contribution is -1.98. The van der Waals surface area contributed by atoms with Gasteiger partial charge in [-0.15, -0.1) is 0 Å². The summed E-state index contributed by atoms with van der Waals surface area (Å²) in [5.74, 6) is 3.29. The zero-order valence-electron chi connectivity index (χ0n) is 11.7. The maximum absolute atomic E-state index is 6.26. The Hall–Kier alpha value is -1.06. The number of halogens is 1. The minimum Gasteiger partial charge on any atom is -0.232 e. The van der Waals surface area contributed by atoms with Crippen LogP contribution in [0.2, 0.25) is 5.15 Å². The number of hydrogen-bond donors (Lipinski definition) is 0. The van der Waals surface area contributed by atoms with Crippen molar-refractivity contribution in [3.8, 4) is 11.4 Å². The molecule has 1 aliphatic heterocycles. The monoisotopic (exact) mass is 304 g/mol.